The maximum absolute atomic E-state index is 12.5. The van der Waals surface area contributed by atoms with Crippen molar-refractivity contribution >= 4 is 35.1 Å². The van der Waals surface area contributed by atoms with Gasteiger partial charge in [0.25, 0.3) is 5.91 Å². The molecule has 0 aliphatic heterocycles. The molecule has 4 atom stereocenters. The normalized spacial score (nSPS) is 19.6. The van der Waals surface area contributed by atoms with Gasteiger partial charge in [0.1, 0.15) is 11.5 Å². The van der Waals surface area contributed by atoms with Crippen LogP contribution in [-0.4, -0.2) is 51.1 Å². The van der Waals surface area contributed by atoms with Crippen molar-refractivity contribution in [2.75, 3.05) is 11.1 Å². The summed E-state index contributed by atoms with van der Waals surface area (Å²) in [4.78, 5) is 37.1. The lowest BCUT2D eigenvalue weighted by atomic mass is 9.82. The number of carbonyl (C=O) groups excluding carboxylic acids is 3. The third kappa shape index (κ3) is 10.4. The Balaban J connectivity index is 1.37. The topological polar surface area (TPSA) is 113 Å². The molecule has 0 spiro atoms. The number of hydrogen-bond donors (Lipinski definition) is 3. The van der Waals surface area contributed by atoms with Crippen molar-refractivity contribution in [2.45, 2.75) is 89.6 Å². The number of aliphatic hydroxyl groups excluding tert-OH is 2. The van der Waals surface area contributed by atoms with E-state index in [0.29, 0.717) is 42.0 Å². The van der Waals surface area contributed by atoms with Crippen LogP contribution in [0, 0.1) is 11.3 Å². The van der Waals surface area contributed by atoms with Gasteiger partial charge in [-0.05, 0) is 67.5 Å². The molecule has 1 aliphatic rings. The molecule has 0 radical (unpaired) electrons. The maximum atomic E-state index is 12.5. The summed E-state index contributed by atoms with van der Waals surface area (Å²) < 4.78 is 5.41. The Morgan fingerprint density at radius 2 is 1.81 bits per heavy atom. The van der Waals surface area contributed by atoms with Crippen molar-refractivity contribution in [1.82, 2.24) is 0 Å². The molecule has 1 amide bonds. The molecule has 2 aromatic carbocycles. The van der Waals surface area contributed by atoms with Gasteiger partial charge >= 0.3 is 5.97 Å². The van der Waals surface area contributed by atoms with Gasteiger partial charge in [0.15, 0.2) is 0 Å². The molecule has 2 aromatic rings. The Morgan fingerprint density at radius 3 is 2.50 bits per heavy atom. The SMILES string of the molecule is CCCCC(C)(C)C(O)CS[C@H]1[C@H](O)CC(=O)[C@@H]1CC=CCCCC(=O)Oc1ccc(NC(=O)c2ccccc2)cc1. The first-order chi connectivity index (χ1) is 20.1. The zero-order chi connectivity index (χ0) is 30.5. The number of carbonyl (C=O) groups is 3. The molecule has 8 heteroatoms. The Hall–Kier alpha value is -2.94. The number of ketones is 1. The third-order valence-corrected chi connectivity index (χ3v) is 9.35. The number of ether oxygens (including phenoxy) is 1. The largest absolute Gasteiger partial charge is 0.427 e. The highest BCUT2D eigenvalue weighted by Crippen LogP contribution is 2.38. The lowest BCUT2D eigenvalue weighted by Gasteiger charge is -2.32. The number of Topliss-reactive ketones (excluding diaryl/α,β-unsaturated/α-hetero) is 1. The fraction of sp³-hybridized carbons (Fsp3) is 0.500. The van der Waals surface area contributed by atoms with Crippen molar-refractivity contribution in [2.24, 2.45) is 11.3 Å². The lowest BCUT2D eigenvalue weighted by Crippen LogP contribution is -2.33. The number of rotatable bonds is 16. The van der Waals surface area contributed by atoms with Crippen LogP contribution in [0.25, 0.3) is 0 Å². The Kier molecular flexibility index (Phi) is 13.3. The molecule has 3 N–H and O–H groups in total. The highest BCUT2D eigenvalue weighted by atomic mass is 32.2. The molecule has 1 saturated carbocycles. The Labute approximate surface area is 254 Å². The number of nitrogens with one attached hydrogen (secondary N) is 1. The average Bonchev–Trinajstić information content (AvgIpc) is 3.25. The van der Waals surface area contributed by atoms with Gasteiger partial charge in [0, 0.05) is 41.0 Å². The van der Waals surface area contributed by atoms with Crippen molar-refractivity contribution in [3.05, 3.63) is 72.3 Å². The number of amides is 1. The average molecular weight is 596 g/mol. The smallest absolute Gasteiger partial charge is 0.311 e. The molecule has 0 bridgehead atoms. The number of anilines is 1. The molecule has 0 aromatic heterocycles. The number of benzene rings is 2. The summed E-state index contributed by atoms with van der Waals surface area (Å²) in [5.41, 5.74) is 0.969. The van der Waals surface area contributed by atoms with Gasteiger partial charge in [-0.2, -0.15) is 11.8 Å². The van der Waals surface area contributed by atoms with E-state index in [0.717, 1.165) is 19.3 Å². The van der Waals surface area contributed by atoms with Crippen LogP contribution < -0.4 is 10.1 Å². The second-order valence-electron chi connectivity index (χ2n) is 11.7. The van der Waals surface area contributed by atoms with E-state index in [1.807, 2.05) is 18.2 Å². The van der Waals surface area contributed by atoms with Gasteiger partial charge in [0.2, 0.25) is 0 Å². The number of esters is 1. The van der Waals surface area contributed by atoms with Gasteiger partial charge < -0.3 is 20.3 Å². The van der Waals surface area contributed by atoms with Crippen LogP contribution in [0.1, 0.15) is 82.5 Å². The first kappa shape index (κ1) is 33.6. The highest BCUT2D eigenvalue weighted by molar-refractivity contribution is 8.00. The molecule has 0 saturated heterocycles. The highest BCUT2D eigenvalue weighted by Gasteiger charge is 2.42. The predicted molar refractivity (Wildman–Crippen MR) is 169 cm³/mol. The Morgan fingerprint density at radius 1 is 1.10 bits per heavy atom. The van der Waals surface area contributed by atoms with Crippen molar-refractivity contribution in [3.63, 3.8) is 0 Å². The molecule has 1 aliphatic carbocycles. The molecule has 3 rings (SSSR count). The monoisotopic (exact) mass is 595 g/mol. The van der Waals surface area contributed by atoms with Crippen LogP contribution in [0.3, 0.4) is 0 Å². The van der Waals surface area contributed by atoms with Crippen molar-refractivity contribution in [3.8, 4) is 5.75 Å². The van der Waals surface area contributed by atoms with Crippen LogP contribution >= 0.6 is 11.8 Å². The number of thioether (sulfide) groups is 1. The number of hydrogen-bond acceptors (Lipinski definition) is 7. The van der Waals surface area contributed by atoms with Gasteiger partial charge in [-0.15, -0.1) is 0 Å². The summed E-state index contributed by atoms with van der Waals surface area (Å²) in [5, 5.41) is 23.8. The first-order valence-corrected chi connectivity index (χ1v) is 16.0. The molecule has 7 nitrogen and oxygen atoms in total. The minimum absolute atomic E-state index is 0.0682. The zero-order valence-corrected chi connectivity index (χ0v) is 25.8. The molecular formula is C34H45NO6S. The fourth-order valence-corrected chi connectivity index (χ4v) is 6.62. The van der Waals surface area contributed by atoms with Crippen molar-refractivity contribution < 1.29 is 29.3 Å². The van der Waals surface area contributed by atoms with Gasteiger partial charge in [-0.1, -0.05) is 64.0 Å². The zero-order valence-electron chi connectivity index (χ0n) is 25.0. The van der Waals surface area contributed by atoms with E-state index in [9.17, 15) is 24.6 Å². The molecular weight excluding hydrogens is 550 g/mol. The quantitative estimate of drug-likeness (QED) is 0.0868. The van der Waals surface area contributed by atoms with Crippen LogP contribution in [0.2, 0.25) is 0 Å². The second-order valence-corrected chi connectivity index (χ2v) is 12.9. The minimum Gasteiger partial charge on any atom is -0.427 e. The van der Waals surface area contributed by atoms with Crippen LogP contribution in [0.5, 0.6) is 5.75 Å². The standard InChI is InChI=1S/C34H45NO6S/c1-4-5-21-34(2,3)30(38)23-42-32-27(28(36)22-29(32)37)15-11-6-7-12-16-31(39)41-26-19-17-25(18-20-26)35-33(40)24-13-9-8-10-14-24/h6,8-11,13-14,17-20,27,29-30,32,37-38H,4-5,7,12,15-16,21-23H2,1-3H3,(H,35,40)/t27-,29+,30?,32+/m0/s1. The van der Waals surface area contributed by atoms with E-state index in [-0.39, 0.29) is 47.1 Å². The number of allylic oxidation sites excluding steroid dienone is 2. The predicted octanol–water partition coefficient (Wildman–Crippen LogP) is 6.59. The van der Waals surface area contributed by atoms with E-state index in [4.69, 9.17) is 4.74 Å². The summed E-state index contributed by atoms with van der Waals surface area (Å²) >= 11 is 1.51. The molecule has 228 valence electrons. The molecule has 0 heterocycles. The fourth-order valence-electron chi connectivity index (χ4n) is 4.95. The summed E-state index contributed by atoms with van der Waals surface area (Å²) in [7, 11) is 0. The summed E-state index contributed by atoms with van der Waals surface area (Å²) in [5.74, 6) is 0.163. The van der Waals surface area contributed by atoms with Crippen LogP contribution in [0.15, 0.2) is 66.7 Å². The maximum Gasteiger partial charge on any atom is 0.311 e. The molecule has 1 unspecified atom stereocenters. The van der Waals surface area contributed by atoms with E-state index < -0.39 is 12.2 Å². The summed E-state index contributed by atoms with van der Waals surface area (Å²) in [6, 6.07) is 15.6. The number of aliphatic hydroxyl groups is 2. The van der Waals surface area contributed by atoms with E-state index >= 15 is 0 Å². The van der Waals surface area contributed by atoms with Crippen LogP contribution in [-0.2, 0) is 9.59 Å². The summed E-state index contributed by atoms with van der Waals surface area (Å²) in [6.07, 6.45) is 8.09. The molecule has 1 fully saturated rings. The van der Waals surface area contributed by atoms with E-state index in [1.54, 1.807) is 48.5 Å². The van der Waals surface area contributed by atoms with Crippen LogP contribution in [0.4, 0.5) is 5.69 Å². The lowest BCUT2D eigenvalue weighted by molar-refractivity contribution is -0.134. The van der Waals surface area contributed by atoms with Gasteiger partial charge in [-0.25, -0.2) is 0 Å². The summed E-state index contributed by atoms with van der Waals surface area (Å²) in [6.45, 7) is 6.29. The van der Waals surface area contributed by atoms with E-state index in [1.165, 1.54) is 11.8 Å². The van der Waals surface area contributed by atoms with Gasteiger partial charge in [-0.3, -0.25) is 14.4 Å². The number of unbranched alkanes of at least 4 members (excludes halogenated alkanes) is 2. The first-order valence-electron chi connectivity index (χ1n) is 14.9. The minimum atomic E-state index is -0.684. The Bertz CT molecular complexity index is 1180. The third-order valence-electron chi connectivity index (χ3n) is 7.81. The molecule has 42 heavy (non-hydrogen) atoms. The second kappa shape index (κ2) is 16.6. The van der Waals surface area contributed by atoms with E-state index in [2.05, 4.69) is 26.1 Å². The van der Waals surface area contributed by atoms with Crippen molar-refractivity contribution in [1.29, 1.82) is 0 Å². The van der Waals surface area contributed by atoms with Gasteiger partial charge in [0.05, 0.1) is 12.2 Å².